The fourth-order valence-corrected chi connectivity index (χ4v) is 8.94. The van der Waals surface area contributed by atoms with Crippen LogP contribution in [0.15, 0.2) is 42.7 Å². The fourth-order valence-electron chi connectivity index (χ4n) is 8.94. The SMILES string of the molecule is COC1CCN(c2nccc(Nc3cc4c(cn3)nc(COCCOCCN3CCN(CCCCc5ccc6c(c5)C(=O)N(C5CCC(=O)NC5=O)C6=O)CC3)n4C(C)C)n2)CC1. The van der Waals surface area contributed by atoms with Crippen molar-refractivity contribution in [3.63, 3.8) is 0 Å². The number of nitrogens with one attached hydrogen (secondary N) is 2. The van der Waals surface area contributed by atoms with Crippen molar-refractivity contribution in [2.75, 3.05) is 89.5 Å². The summed E-state index contributed by atoms with van der Waals surface area (Å²) in [5.41, 5.74) is 3.43. The number of rotatable bonds is 19. The van der Waals surface area contributed by atoms with Crippen LogP contribution in [0.3, 0.4) is 0 Å². The number of unbranched alkanes of at least 4 members (excludes halogenated alkanes) is 1. The quantitative estimate of drug-likeness (QED) is 0.102. The van der Waals surface area contributed by atoms with Gasteiger partial charge in [-0.1, -0.05) is 6.07 Å². The second kappa shape index (κ2) is 20.4. The molecule has 63 heavy (non-hydrogen) atoms. The highest BCUT2D eigenvalue weighted by molar-refractivity contribution is 6.23. The molecule has 1 unspecified atom stereocenters. The van der Waals surface area contributed by atoms with Crippen molar-refractivity contribution in [3.05, 3.63) is 65.2 Å². The average molecular weight is 866 g/mol. The van der Waals surface area contributed by atoms with E-state index in [0.717, 1.165) is 112 Å². The third-order valence-corrected chi connectivity index (χ3v) is 12.4. The Morgan fingerprint density at radius 1 is 0.810 bits per heavy atom. The molecule has 1 aromatic carbocycles. The summed E-state index contributed by atoms with van der Waals surface area (Å²) < 4.78 is 19.7. The Kier molecular flexibility index (Phi) is 14.3. The molecule has 4 aliphatic rings. The molecule has 4 amide bonds. The number of carbonyl (C=O) groups is 4. The van der Waals surface area contributed by atoms with Crippen molar-refractivity contribution in [2.24, 2.45) is 0 Å². The summed E-state index contributed by atoms with van der Waals surface area (Å²) in [4.78, 5) is 77.0. The number of anilines is 3. The Morgan fingerprint density at radius 3 is 2.33 bits per heavy atom. The largest absolute Gasteiger partial charge is 0.381 e. The van der Waals surface area contributed by atoms with Gasteiger partial charge in [-0.15, -0.1) is 0 Å². The number of pyridine rings is 1. The van der Waals surface area contributed by atoms with E-state index in [9.17, 15) is 19.2 Å². The lowest BCUT2D eigenvalue weighted by Crippen LogP contribution is -2.54. The summed E-state index contributed by atoms with van der Waals surface area (Å²) in [6.45, 7) is 13.9. The van der Waals surface area contributed by atoms with Crippen molar-refractivity contribution in [3.8, 4) is 0 Å². The number of carbonyl (C=O) groups excluding carboxylic acids is 4. The maximum absolute atomic E-state index is 13.2. The molecule has 336 valence electrons. The molecule has 3 saturated heterocycles. The van der Waals surface area contributed by atoms with Crippen molar-refractivity contribution >= 4 is 52.2 Å². The van der Waals surface area contributed by atoms with Gasteiger partial charge in [-0.25, -0.2) is 15.0 Å². The molecule has 18 heteroatoms. The zero-order valence-corrected chi connectivity index (χ0v) is 36.6. The molecule has 1 atom stereocenters. The predicted octanol–water partition coefficient (Wildman–Crippen LogP) is 3.74. The van der Waals surface area contributed by atoms with E-state index in [0.29, 0.717) is 61.2 Å². The van der Waals surface area contributed by atoms with Crippen LogP contribution in [0.5, 0.6) is 0 Å². The van der Waals surface area contributed by atoms with E-state index < -0.39 is 23.8 Å². The van der Waals surface area contributed by atoms with Gasteiger partial charge in [-0.2, -0.15) is 4.98 Å². The lowest BCUT2D eigenvalue weighted by molar-refractivity contribution is -0.136. The summed E-state index contributed by atoms with van der Waals surface area (Å²) in [5, 5.41) is 5.60. The third-order valence-electron chi connectivity index (χ3n) is 12.4. The van der Waals surface area contributed by atoms with Crippen LogP contribution in [-0.2, 0) is 36.8 Å². The number of imidazole rings is 1. The summed E-state index contributed by atoms with van der Waals surface area (Å²) >= 11 is 0. The molecule has 0 saturated carbocycles. The van der Waals surface area contributed by atoms with Gasteiger partial charge in [0.2, 0.25) is 17.8 Å². The Balaban J connectivity index is 0.706. The van der Waals surface area contributed by atoms with Gasteiger partial charge in [0, 0.05) is 77.6 Å². The number of imide groups is 2. The first-order chi connectivity index (χ1) is 30.6. The minimum absolute atomic E-state index is 0.103. The van der Waals surface area contributed by atoms with E-state index in [1.54, 1.807) is 31.6 Å². The number of ether oxygens (including phenoxy) is 3. The van der Waals surface area contributed by atoms with Gasteiger partial charge in [-0.05, 0) is 82.7 Å². The summed E-state index contributed by atoms with van der Waals surface area (Å²) in [6, 6.07) is 8.45. The molecule has 2 N–H and O–H groups in total. The van der Waals surface area contributed by atoms with Crippen LogP contribution < -0.4 is 15.5 Å². The molecule has 0 spiro atoms. The van der Waals surface area contributed by atoms with Gasteiger partial charge in [0.15, 0.2) is 0 Å². The molecule has 0 aliphatic carbocycles. The first-order valence-corrected chi connectivity index (χ1v) is 22.3. The topological polar surface area (TPSA) is 189 Å². The van der Waals surface area contributed by atoms with Gasteiger partial charge in [0.1, 0.15) is 35.6 Å². The fraction of sp³-hybridized carbons (Fsp3) is 0.556. The standard InChI is InChI=1S/C45H59N11O7/c1-30(2)55-37-27-39(49-38-11-14-46-45(50-38)54-16-12-32(61-3)13-17-54)47-28-35(37)48-40(55)29-63-25-24-62-23-22-53-20-18-52(19-21-53)15-5-4-6-31-7-8-33-34(26-31)44(60)56(43(33)59)36-9-10-41(57)51-42(36)58/h7-8,11,14,26-28,30,32,36H,4-6,9-10,12-13,15-25,29H2,1-3H3,(H,51,57,58)(H,46,47,49,50). The lowest BCUT2D eigenvalue weighted by atomic mass is 10.0. The molecule has 3 aromatic heterocycles. The van der Waals surface area contributed by atoms with Gasteiger partial charge in [0.05, 0.1) is 48.8 Å². The first kappa shape index (κ1) is 44.2. The predicted molar refractivity (Wildman–Crippen MR) is 235 cm³/mol. The van der Waals surface area contributed by atoms with Crippen molar-refractivity contribution in [1.29, 1.82) is 0 Å². The van der Waals surface area contributed by atoms with Gasteiger partial charge in [0.25, 0.3) is 11.8 Å². The minimum atomic E-state index is -0.952. The number of aromatic nitrogens is 5. The number of benzene rings is 1. The Morgan fingerprint density at radius 2 is 1.57 bits per heavy atom. The third kappa shape index (κ3) is 10.5. The highest BCUT2D eigenvalue weighted by atomic mass is 16.5. The number of nitrogens with zero attached hydrogens (tertiary/aromatic N) is 9. The number of piperazine rings is 1. The zero-order chi connectivity index (χ0) is 43.9. The van der Waals surface area contributed by atoms with Crippen LogP contribution in [0.4, 0.5) is 17.6 Å². The number of methoxy groups -OCH3 is 1. The number of aryl methyl sites for hydroxylation is 1. The lowest BCUT2D eigenvalue weighted by Gasteiger charge is -2.34. The minimum Gasteiger partial charge on any atom is -0.381 e. The van der Waals surface area contributed by atoms with E-state index >= 15 is 0 Å². The van der Waals surface area contributed by atoms with Crippen molar-refractivity contribution in [1.82, 2.24) is 44.5 Å². The highest BCUT2D eigenvalue weighted by Crippen LogP contribution is 2.29. The molecule has 8 rings (SSSR count). The second-order valence-electron chi connectivity index (χ2n) is 17.0. The molecule has 4 aromatic rings. The molecule has 0 bridgehead atoms. The summed E-state index contributed by atoms with van der Waals surface area (Å²) in [6.07, 6.45) is 8.80. The van der Waals surface area contributed by atoms with Gasteiger partial charge >= 0.3 is 0 Å². The van der Waals surface area contributed by atoms with Gasteiger partial charge < -0.3 is 33.9 Å². The molecule has 4 aliphatic heterocycles. The maximum Gasteiger partial charge on any atom is 0.262 e. The number of hydrogen-bond donors (Lipinski definition) is 2. The van der Waals surface area contributed by atoms with E-state index in [1.165, 1.54) is 0 Å². The highest BCUT2D eigenvalue weighted by Gasteiger charge is 2.44. The summed E-state index contributed by atoms with van der Waals surface area (Å²) in [5.74, 6) is 0.996. The normalized spacial score (nSPS) is 19.1. The number of piperidine rings is 2. The molecule has 3 fully saturated rings. The molecule has 18 nitrogen and oxygen atoms in total. The number of hydrogen-bond acceptors (Lipinski definition) is 15. The molecule has 0 radical (unpaired) electrons. The van der Waals surface area contributed by atoms with Crippen molar-refractivity contribution < 1.29 is 33.4 Å². The number of fused-ring (bicyclic) bond motifs is 2. The second-order valence-corrected chi connectivity index (χ2v) is 17.0. The summed E-state index contributed by atoms with van der Waals surface area (Å²) in [7, 11) is 1.77. The smallest absolute Gasteiger partial charge is 0.262 e. The van der Waals surface area contributed by atoms with Crippen LogP contribution in [0, 0.1) is 0 Å². The molecular weight excluding hydrogens is 807 g/mol. The average Bonchev–Trinajstić information content (AvgIpc) is 3.78. The first-order valence-electron chi connectivity index (χ1n) is 22.3. The van der Waals surface area contributed by atoms with Crippen LogP contribution in [0.2, 0.25) is 0 Å². The van der Waals surface area contributed by atoms with Crippen molar-refractivity contribution in [2.45, 2.75) is 83.6 Å². The maximum atomic E-state index is 13.2. The molecule has 7 heterocycles. The van der Waals surface area contributed by atoms with Crippen LogP contribution in [-0.4, -0.2) is 154 Å². The zero-order valence-electron chi connectivity index (χ0n) is 36.6. The van der Waals surface area contributed by atoms with E-state index in [-0.39, 0.29) is 24.8 Å². The van der Waals surface area contributed by atoms with E-state index in [2.05, 4.69) is 53.7 Å². The molecular formula is C45H59N11O7. The number of amides is 4. The van der Waals surface area contributed by atoms with Gasteiger partial charge in [-0.3, -0.25) is 34.3 Å². The Labute approximate surface area is 367 Å². The van der Waals surface area contributed by atoms with E-state index in [1.807, 2.05) is 18.2 Å². The Bertz CT molecular complexity index is 2270. The Hall–Kier alpha value is -5.40. The monoisotopic (exact) mass is 865 g/mol. The van der Waals surface area contributed by atoms with E-state index in [4.69, 9.17) is 24.2 Å². The van der Waals surface area contributed by atoms with Crippen LogP contribution >= 0.6 is 0 Å². The van der Waals surface area contributed by atoms with Crippen LogP contribution in [0.25, 0.3) is 11.0 Å². The van der Waals surface area contributed by atoms with Crippen LogP contribution in [0.1, 0.15) is 90.5 Å².